The lowest BCUT2D eigenvalue weighted by Gasteiger charge is -2.22. The van der Waals surface area contributed by atoms with E-state index >= 15 is 0 Å². The number of hydrogen-bond donors (Lipinski definition) is 1. The fourth-order valence-electron chi connectivity index (χ4n) is 2.75. The molecular weight excluding hydrogens is 372 g/mol. The van der Waals surface area contributed by atoms with Gasteiger partial charge < -0.3 is 10.2 Å². The largest absolute Gasteiger partial charge is 0.372 e. The van der Waals surface area contributed by atoms with E-state index in [1.165, 1.54) is 54.5 Å². The van der Waals surface area contributed by atoms with Gasteiger partial charge in [0, 0.05) is 24.5 Å². The van der Waals surface area contributed by atoms with Gasteiger partial charge in [0.1, 0.15) is 0 Å². The van der Waals surface area contributed by atoms with Gasteiger partial charge in [0.25, 0.3) is 0 Å². The minimum absolute atomic E-state index is 0.0200. The van der Waals surface area contributed by atoms with Crippen molar-refractivity contribution in [1.82, 2.24) is 10.2 Å². The molecule has 2 heterocycles. The molecule has 25 heavy (non-hydrogen) atoms. The molecule has 3 rings (SSSR count). The Labute approximate surface area is 161 Å². The predicted molar refractivity (Wildman–Crippen MR) is 108 cm³/mol. The van der Waals surface area contributed by atoms with Gasteiger partial charge in [-0.25, -0.2) is 0 Å². The van der Waals surface area contributed by atoms with E-state index in [1.54, 1.807) is 11.8 Å². The zero-order valence-electron chi connectivity index (χ0n) is 14.2. The van der Waals surface area contributed by atoms with Crippen LogP contribution in [0.2, 0.25) is 0 Å². The molecule has 0 aliphatic carbocycles. The van der Waals surface area contributed by atoms with Gasteiger partial charge in [-0.15, -0.1) is 10.2 Å². The highest BCUT2D eigenvalue weighted by Crippen LogP contribution is 2.27. The number of rotatable bonds is 6. The van der Waals surface area contributed by atoms with E-state index < -0.39 is 0 Å². The monoisotopic (exact) mass is 394 g/mol. The summed E-state index contributed by atoms with van der Waals surface area (Å²) in [4.78, 5) is 14.5. The number of aromatic nitrogens is 2. The van der Waals surface area contributed by atoms with Crippen LogP contribution in [0.3, 0.4) is 0 Å². The van der Waals surface area contributed by atoms with Crippen molar-refractivity contribution >= 4 is 52.1 Å². The molecular formula is C17H22N4OS3. The Morgan fingerprint density at radius 1 is 1.12 bits per heavy atom. The highest BCUT2D eigenvalue weighted by Gasteiger charge is 2.11. The van der Waals surface area contributed by atoms with E-state index in [4.69, 9.17) is 0 Å². The summed E-state index contributed by atoms with van der Waals surface area (Å²) >= 11 is 4.51. The van der Waals surface area contributed by atoms with Crippen LogP contribution in [0.15, 0.2) is 32.9 Å². The van der Waals surface area contributed by atoms with Crippen molar-refractivity contribution < 1.29 is 4.79 Å². The molecule has 1 aliphatic rings. The van der Waals surface area contributed by atoms with Gasteiger partial charge in [-0.2, -0.15) is 0 Å². The maximum atomic E-state index is 12.1. The van der Waals surface area contributed by atoms with E-state index in [-0.39, 0.29) is 5.91 Å². The number of nitrogens with zero attached hydrogens (tertiary/aromatic N) is 3. The van der Waals surface area contributed by atoms with Crippen molar-refractivity contribution in [1.29, 1.82) is 0 Å². The van der Waals surface area contributed by atoms with E-state index in [1.807, 2.05) is 18.4 Å². The number of nitrogens with one attached hydrogen (secondary N) is 1. The first kappa shape index (κ1) is 18.5. The van der Waals surface area contributed by atoms with Crippen LogP contribution in [0, 0.1) is 0 Å². The third-order valence-corrected chi connectivity index (χ3v) is 7.04. The van der Waals surface area contributed by atoms with Crippen LogP contribution >= 0.6 is 34.9 Å². The minimum Gasteiger partial charge on any atom is -0.372 e. The molecule has 0 spiro atoms. The summed E-state index contributed by atoms with van der Waals surface area (Å²) in [5.74, 6) is 0.324. The molecule has 1 N–H and O–H groups in total. The van der Waals surface area contributed by atoms with Crippen molar-refractivity contribution in [2.45, 2.75) is 34.4 Å². The van der Waals surface area contributed by atoms with Crippen LogP contribution < -0.4 is 10.2 Å². The Bertz CT molecular complexity index is 681. The summed E-state index contributed by atoms with van der Waals surface area (Å²) in [7, 11) is 0. The molecule has 1 aromatic heterocycles. The summed E-state index contributed by atoms with van der Waals surface area (Å²) in [5, 5.41) is 11.0. The Balaban J connectivity index is 1.49. The lowest BCUT2D eigenvalue weighted by molar-refractivity contribution is -0.113. The molecule has 1 aliphatic heterocycles. The molecule has 0 bridgehead atoms. The number of hydrogen-bond acceptors (Lipinski definition) is 7. The van der Waals surface area contributed by atoms with E-state index in [2.05, 4.69) is 32.5 Å². The normalized spacial score (nSPS) is 15.0. The second kappa shape index (κ2) is 9.45. The molecule has 2 aromatic rings. The summed E-state index contributed by atoms with van der Waals surface area (Å²) < 4.78 is 1.75. The van der Waals surface area contributed by atoms with Crippen molar-refractivity contribution in [2.75, 3.05) is 35.3 Å². The van der Waals surface area contributed by atoms with Gasteiger partial charge in [-0.1, -0.05) is 47.7 Å². The van der Waals surface area contributed by atoms with Crippen LogP contribution in [0.1, 0.15) is 25.7 Å². The maximum absolute atomic E-state index is 12.1. The Morgan fingerprint density at radius 2 is 1.80 bits per heavy atom. The lowest BCUT2D eigenvalue weighted by Crippen LogP contribution is -2.23. The van der Waals surface area contributed by atoms with Crippen molar-refractivity contribution in [2.24, 2.45) is 0 Å². The fourth-order valence-corrected chi connectivity index (χ4v) is 4.98. The Morgan fingerprint density at radius 3 is 2.44 bits per heavy atom. The molecule has 0 atom stereocenters. The number of anilines is 2. The minimum atomic E-state index is -0.0200. The summed E-state index contributed by atoms with van der Waals surface area (Å²) in [5.41, 5.74) is 2.08. The first-order chi connectivity index (χ1) is 12.2. The number of carbonyl (C=O) groups is 1. The van der Waals surface area contributed by atoms with Crippen LogP contribution in [-0.2, 0) is 4.79 Å². The summed E-state index contributed by atoms with van der Waals surface area (Å²) in [6, 6.07) is 8.17. The van der Waals surface area contributed by atoms with Crippen LogP contribution in [0.5, 0.6) is 0 Å². The van der Waals surface area contributed by atoms with Crippen LogP contribution in [0.25, 0.3) is 0 Å². The average molecular weight is 395 g/mol. The summed E-state index contributed by atoms with van der Waals surface area (Å²) in [6.45, 7) is 2.25. The van der Waals surface area contributed by atoms with Crippen molar-refractivity contribution in [3.63, 3.8) is 0 Å². The van der Waals surface area contributed by atoms with Crippen molar-refractivity contribution in [3.8, 4) is 0 Å². The molecule has 5 nitrogen and oxygen atoms in total. The zero-order chi connectivity index (χ0) is 17.5. The average Bonchev–Trinajstić information content (AvgIpc) is 2.93. The molecule has 8 heteroatoms. The van der Waals surface area contributed by atoms with Crippen LogP contribution in [0.4, 0.5) is 11.4 Å². The third kappa shape index (κ3) is 5.62. The molecule has 1 aromatic carbocycles. The first-order valence-electron chi connectivity index (χ1n) is 8.40. The van der Waals surface area contributed by atoms with Crippen molar-refractivity contribution in [3.05, 3.63) is 24.3 Å². The molecule has 0 unspecified atom stereocenters. The number of amides is 1. The quantitative estimate of drug-likeness (QED) is 0.734. The number of benzene rings is 1. The molecule has 0 radical (unpaired) electrons. The molecule has 1 amide bonds. The van der Waals surface area contributed by atoms with Gasteiger partial charge in [0.2, 0.25) is 5.91 Å². The molecule has 1 fully saturated rings. The third-order valence-electron chi connectivity index (χ3n) is 4.01. The standard InChI is InChI=1S/C17H22N4OS3/c1-23-16-19-20-17(25-16)24-12-15(22)18-13-6-8-14(9-7-13)21-10-4-2-3-5-11-21/h6-9H,2-5,10-12H2,1H3,(H,18,22). The van der Waals surface area contributed by atoms with E-state index in [0.29, 0.717) is 5.75 Å². The highest BCUT2D eigenvalue weighted by molar-refractivity contribution is 8.03. The van der Waals surface area contributed by atoms with Gasteiger partial charge in [-0.05, 0) is 43.4 Å². The van der Waals surface area contributed by atoms with Gasteiger partial charge >= 0.3 is 0 Å². The van der Waals surface area contributed by atoms with E-state index in [0.717, 1.165) is 27.5 Å². The molecule has 0 saturated carbocycles. The lowest BCUT2D eigenvalue weighted by atomic mass is 10.2. The predicted octanol–water partition coefficient (Wildman–Crippen LogP) is 4.37. The van der Waals surface area contributed by atoms with Gasteiger partial charge in [0.05, 0.1) is 5.75 Å². The molecule has 1 saturated heterocycles. The highest BCUT2D eigenvalue weighted by atomic mass is 32.2. The second-order valence-electron chi connectivity index (χ2n) is 5.82. The zero-order valence-corrected chi connectivity index (χ0v) is 16.7. The first-order valence-corrected chi connectivity index (χ1v) is 11.4. The fraction of sp³-hybridized carbons (Fsp3) is 0.471. The van der Waals surface area contributed by atoms with Gasteiger partial charge in [0.15, 0.2) is 8.68 Å². The Kier molecular flexibility index (Phi) is 7.01. The Hall–Kier alpha value is -1.25. The maximum Gasteiger partial charge on any atom is 0.234 e. The van der Waals surface area contributed by atoms with Gasteiger partial charge in [-0.3, -0.25) is 4.79 Å². The SMILES string of the molecule is CSc1nnc(SCC(=O)Nc2ccc(N3CCCCCC3)cc2)s1. The summed E-state index contributed by atoms with van der Waals surface area (Å²) in [6.07, 6.45) is 7.15. The molecule has 134 valence electrons. The number of carbonyl (C=O) groups excluding carboxylic acids is 1. The number of thioether (sulfide) groups is 2. The topological polar surface area (TPSA) is 58.1 Å². The van der Waals surface area contributed by atoms with E-state index in [9.17, 15) is 4.79 Å². The van der Waals surface area contributed by atoms with Crippen LogP contribution in [-0.4, -0.2) is 41.2 Å². The second-order valence-corrected chi connectivity index (χ2v) is 9.08. The smallest absolute Gasteiger partial charge is 0.234 e.